The fourth-order valence-corrected chi connectivity index (χ4v) is 1.05. The number of carbonyl (C=O) groups is 1. The first kappa shape index (κ1) is 9.65. The van der Waals surface area contributed by atoms with Crippen LogP contribution in [0.1, 0.15) is 19.5 Å². The van der Waals surface area contributed by atoms with Gasteiger partial charge in [-0.25, -0.2) is 0 Å². The lowest BCUT2D eigenvalue weighted by molar-refractivity contribution is -0.114. The van der Waals surface area contributed by atoms with Crippen molar-refractivity contribution in [2.24, 2.45) is 0 Å². The summed E-state index contributed by atoms with van der Waals surface area (Å²) in [5.41, 5.74) is 1.85. The van der Waals surface area contributed by atoms with Gasteiger partial charge >= 0.3 is 0 Å². The van der Waals surface area contributed by atoms with Crippen molar-refractivity contribution in [2.45, 2.75) is 20.3 Å². The second-order valence-electron chi connectivity index (χ2n) is 3.19. The molecule has 1 rings (SSSR count). The van der Waals surface area contributed by atoms with Crippen LogP contribution in [0.4, 0.5) is 0 Å². The normalized spacial score (nSPS) is 9.38. The van der Waals surface area contributed by atoms with Gasteiger partial charge in [0.15, 0.2) is 5.78 Å². The van der Waals surface area contributed by atoms with Gasteiger partial charge in [-0.3, -0.25) is 9.78 Å². The third kappa shape index (κ3) is 3.65. The zero-order chi connectivity index (χ0) is 9.68. The first-order valence-corrected chi connectivity index (χ1v) is 4.26. The molecular formula is C11H13NO. The summed E-state index contributed by atoms with van der Waals surface area (Å²) in [5, 5.41) is 0. The molecule has 68 valence electrons. The van der Waals surface area contributed by atoms with E-state index in [1.165, 1.54) is 0 Å². The molecular weight excluding hydrogens is 162 g/mol. The molecule has 2 nitrogen and oxygen atoms in total. The number of allylic oxidation sites excluding steroid dienone is 2. The molecule has 1 aromatic rings. The summed E-state index contributed by atoms with van der Waals surface area (Å²) in [7, 11) is 0. The first-order valence-electron chi connectivity index (χ1n) is 4.26. The summed E-state index contributed by atoms with van der Waals surface area (Å²) in [4.78, 5) is 15.4. The minimum absolute atomic E-state index is 0.110. The van der Waals surface area contributed by atoms with E-state index in [9.17, 15) is 4.79 Å². The molecule has 0 unspecified atom stereocenters. The summed E-state index contributed by atoms with van der Waals surface area (Å²) in [6, 6.07) is 5.59. The second-order valence-corrected chi connectivity index (χ2v) is 3.19. The van der Waals surface area contributed by atoms with Crippen molar-refractivity contribution in [2.75, 3.05) is 0 Å². The van der Waals surface area contributed by atoms with E-state index in [2.05, 4.69) is 4.98 Å². The predicted octanol–water partition coefficient (Wildman–Crippen LogP) is 2.16. The number of ketones is 1. The van der Waals surface area contributed by atoms with Crippen molar-refractivity contribution >= 4 is 5.78 Å². The Bertz CT molecular complexity index is 310. The van der Waals surface area contributed by atoms with Crippen molar-refractivity contribution in [1.82, 2.24) is 4.98 Å². The molecule has 0 saturated carbocycles. The van der Waals surface area contributed by atoms with Crippen LogP contribution in [0.15, 0.2) is 36.0 Å². The van der Waals surface area contributed by atoms with Crippen LogP contribution in [-0.2, 0) is 11.2 Å². The highest BCUT2D eigenvalue weighted by Gasteiger charge is 1.99. The third-order valence-electron chi connectivity index (χ3n) is 1.53. The number of rotatable bonds is 3. The number of hydrogen-bond donors (Lipinski definition) is 0. The maximum Gasteiger partial charge on any atom is 0.161 e. The van der Waals surface area contributed by atoms with Gasteiger partial charge in [-0.05, 0) is 32.1 Å². The summed E-state index contributed by atoms with van der Waals surface area (Å²) in [5.74, 6) is 0.110. The van der Waals surface area contributed by atoms with Gasteiger partial charge in [0.2, 0.25) is 0 Å². The molecule has 1 heterocycles. The van der Waals surface area contributed by atoms with E-state index in [0.717, 1.165) is 11.3 Å². The van der Waals surface area contributed by atoms with Gasteiger partial charge in [-0.1, -0.05) is 11.6 Å². The Kier molecular flexibility index (Phi) is 3.38. The molecule has 0 fully saturated rings. The Labute approximate surface area is 78.3 Å². The molecule has 0 aliphatic heterocycles. The maximum atomic E-state index is 11.3. The number of pyridine rings is 1. The van der Waals surface area contributed by atoms with Crippen molar-refractivity contribution in [3.63, 3.8) is 0 Å². The molecule has 0 spiro atoms. The van der Waals surface area contributed by atoms with E-state index in [0.29, 0.717) is 6.42 Å². The van der Waals surface area contributed by atoms with E-state index in [-0.39, 0.29) is 5.78 Å². The molecule has 0 N–H and O–H groups in total. The highest BCUT2D eigenvalue weighted by Crippen LogP contribution is 1.98. The molecule has 0 aliphatic rings. The minimum Gasteiger partial charge on any atom is -0.294 e. The highest BCUT2D eigenvalue weighted by molar-refractivity contribution is 5.91. The van der Waals surface area contributed by atoms with E-state index >= 15 is 0 Å². The van der Waals surface area contributed by atoms with E-state index in [1.807, 2.05) is 32.0 Å². The minimum atomic E-state index is 0.110. The van der Waals surface area contributed by atoms with Crippen LogP contribution in [0.5, 0.6) is 0 Å². The quantitative estimate of drug-likeness (QED) is 0.659. The molecule has 0 aliphatic carbocycles. The largest absolute Gasteiger partial charge is 0.294 e. The number of aromatic nitrogens is 1. The Balaban J connectivity index is 2.61. The van der Waals surface area contributed by atoms with Crippen LogP contribution < -0.4 is 0 Å². The van der Waals surface area contributed by atoms with Gasteiger partial charge in [0.05, 0.1) is 6.42 Å². The summed E-state index contributed by atoms with van der Waals surface area (Å²) in [6.45, 7) is 3.83. The van der Waals surface area contributed by atoms with Crippen molar-refractivity contribution < 1.29 is 4.79 Å². The fourth-order valence-electron chi connectivity index (χ4n) is 1.05. The zero-order valence-electron chi connectivity index (χ0n) is 7.95. The highest BCUT2D eigenvalue weighted by atomic mass is 16.1. The van der Waals surface area contributed by atoms with Crippen LogP contribution in [0.2, 0.25) is 0 Å². The lowest BCUT2D eigenvalue weighted by Gasteiger charge is -1.95. The molecule has 0 saturated heterocycles. The Morgan fingerprint density at radius 1 is 1.46 bits per heavy atom. The number of nitrogens with zero attached hydrogens (tertiary/aromatic N) is 1. The summed E-state index contributed by atoms with van der Waals surface area (Å²) in [6.07, 6.45) is 3.74. The standard InChI is InChI=1S/C11H13NO/c1-9(2)7-11(13)8-10-5-3-4-6-12-10/h3-7H,8H2,1-2H3. The Morgan fingerprint density at radius 2 is 2.23 bits per heavy atom. The van der Waals surface area contributed by atoms with Crippen LogP contribution >= 0.6 is 0 Å². The molecule has 0 bridgehead atoms. The lowest BCUT2D eigenvalue weighted by Crippen LogP contribution is -2.00. The fraction of sp³-hybridized carbons (Fsp3) is 0.273. The SMILES string of the molecule is CC(C)=CC(=O)Cc1ccccn1. The topological polar surface area (TPSA) is 30.0 Å². The Morgan fingerprint density at radius 3 is 2.77 bits per heavy atom. The lowest BCUT2D eigenvalue weighted by atomic mass is 10.1. The average Bonchev–Trinajstić information content (AvgIpc) is 2.04. The maximum absolute atomic E-state index is 11.3. The van der Waals surface area contributed by atoms with Gasteiger partial charge in [-0.15, -0.1) is 0 Å². The van der Waals surface area contributed by atoms with Crippen LogP contribution in [-0.4, -0.2) is 10.8 Å². The smallest absolute Gasteiger partial charge is 0.161 e. The van der Waals surface area contributed by atoms with Crippen LogP contribution in [0.3, 0.4) is 0 Å². The van der Waals surface area contributed by atoms with Crippen molar-refractivity contribution in [1.29, 1.82) is 0 Å². The van der Waals surface area contributed by atoms with Gasteiger partial charge in [-0.2, -0.15) is 0 Å². The van der Waals surface area contributed by atoms with E-state index in [4.69, 9.17) is 0 Å². The molecule has 0 atom stereocenters. The van der Waals surface area contributed by atoms with Crippen LogP contribution in [0, 0.1) is 0 Å². The summed E-state index contributed by atoms with van der Waals surface area (Å²) < 4.78 is 0. The third-order valence-corrected chi connectivity index (χ3v) is 1.53. The second kappa shape index (κ2) is 4.55. The van der Waals surface area contributed by atoms with Gasteiger partial charge in [0.1, 0.15) is 0 Å². The molecule has 13 heavy (non-hydrogen) atoms. The van der Waals surface area contributed by atoms with Gasteiger partial charge in [0.25, 0.3) is 0 Å². The van der Waals surface area contributed by atoms with E-state index in [1.54, 1.807) is 12.3 Å². The predicted molar refractivity (Wildman–Crippen MR) is 52.4 cm³/mol. The monoisotopic (exact) mass is 175 g/mol. The number of hydrogen-bond acceptors (Lipinski definition) is 2. The molecule has 0 aromatic carbocycles. The molecule has 2 heteroatoms. The molecule has 1 aromatic heterocycles. The first-order chi connectivity index (χ1) is 6.18. The molecule has 0 amide bonds. The number of carbonyl (C=O) groups excluding carboxylic acids is 1. The Hall–Kier alpha value is -1.44. The average molecular weight is 175 g/mol. The van der Waals surface area contributed by atoms with E-state index < -0.39 is 0 Å². The van der Waals surface area contributed by atoms with Crippen molar-refractivity contribution in [3.05, 3.63) is 41.7 Å². The van der Waals surface area contributed by atoms with Gasteiger partial charge in [0, 0.05) is 11.9 Å². The van der Waals surface area contributed by atoms with Crippen LogP contribution in [0.25, 0.3) is 0 Å². The zero-order valence-corrected chi connectivity index (χ0v) is 7.95. The van der Waals surface area contributed by atoms with Crippen molar-refractivity contribution in [3.8, 4) is 0 Å². The summed E-state index contributed by atoms with van der Waals surface area (Å²) >= 11 is 0. The molecule has 0 radical (unpaired) electrons. The van der Waals surface area contributed by atoms with Gasteiger partial charge < -0.3 is 0 Å².